The molecule has 236 valence electrons. The van der Waals surface area contributed by atoms with Crippen LogP contribution in [0.15, 0.2) is 44.2 Å². The molecule has 0 radical (unpaired) electrons. The van der Waals surface area contributed by atoms with Gasteiger partial charge in [0.1, 0.15) is 35.7 Å². The maximum Gasteiger partial charge on any atom is 0.261 e. The van der Waals surface area contributed by atoms with Crippen molar-refractivity contribution in [2.45, 2.75) is 90.9 Å². The molecular weight excluding hydrogens is 580 g/mol. The topological polar surface area (TPSA) is 162 Å². The summed E-state index contributed by atoms with van der Waals surface area (Å²) >= 11 is 0. The Bertz CT molecular complexity index is 1760. The lowest BCUT2D eigenvalue weighted by Gasteiger charge is -2.25. The van der Waals surface area contributed by atoms with Crippen LogP contribution < -0.4 is 21.7 Å². The van der Waals surface area contributed by atoms with Gasteiger partial charge in [-0.2, -0.15) is 21.0 Å². The van der Waals surface area contributed by atoms with Crippen molar-refractivity contribution in [2.24, 2.45) is 0 Å². The fraction of sp³-hybridized carbons (Fsp3) is 0.444. The highest BCUT2D eigenvalue weighted by molar-refractivity contribution is 6.30. The Morgan fingerprint density at radius 2 is 0.913 bits per heavy atom. The van der Waals surface area contributed by atoms with Gasteiger partial charge < -0.3 is 18.6 Å². The van der Waals surface area contributed by atoms with Crippen molar-refractivity contribution in [3.8, 4) is 24.3 Å². The van der Waals surface area contributed by atoms with Crippen molar-refractivity contribution in [3.63, 3.8) is 0 Å². The molecule has 2 aliphatic heterocycles. The van der Waals surface area contributed by atoms with Gasteiger partial charge in [-0.05, 0) is 37.1 Å². The van der Waals surface area contributed by atoms with Gasteiger partial charge in [0.2, 0.25) is 0 Å². The molecule has 0 aliphatic carbocycles. The lowest BCUT2D eigenvalue weighted by atomic mass is 10.1. The Kier molecular flexibility index (Phi) is 11.8. The summed E-state index contributed by atoms with van der Waals surface area (Å²) in [5.74, 6) is -0.754. The van der Waals surface area contributed by atoms with Crippen molar-refractivity contribution >= 4 is 34.4 Å². The zero-order chi connectivity index (χ0) is 33.1. The lowest BCUT2D eigenvalue weighted by molar-refractivity contribution is -0.123. The number of nitrogens with zero attached hydrogens (tertiary/aromatic N) is 6. The molecule has 2 aromatic rings. The van der Waals surface area contributed by atoms with Gasteiger partial charge in [-0.1, -0.05) is 78.1 Å². The molecule has 0 saturated carbocycles. The van der Waals surface area contributed by atoms with E-state index in [4.69, 9.17) is 8.83 Å². The third-order valence-corrected chi connectivity index (χ3v) is 8.27. The van der Waals surface area contributed by atoms with Gasteiger partial charge in [-0.15, -0.1) is 0 Å². The van der Waals surface area contributed by atoms with Gasteiger partial charge in [0, 0.05) is 13.1 Å². The molecule has 0 aromatic carbocycles. The largest absolute Gasteiger partial charge is 0.453 e. The normalized spacial score (nSPS) is 16.3. The van der Waals surface area contributed by atoms with Crippen LogP contribution in [0.25, 0.3) is 22.5 Å². The zero-order valence-corrected chi connectivity index (χ0v) is 26.5. The highest BCUT2D eigenvalue weighted by Gasteiger charge is 2.49. The predicted octanol–water partition coefficient (Wildman–Crippen LogP) is 3.89. The van der Waals surface area contributed by atoms with Crippen molar-refractivity contribution < 1.29 is 18.4 Å². The standard InChI is InChI=1S/C36H38N6O4/c1-3-5-7-9-11-13-19-41-33(29-17-15-27(45-29)25(21-37)22-38)31-32(35(41)43)34(30-18-16-28(46-30)26(23-39)24-40)42(36(31)44)20-14-12-10-8-6-4-2/h15-18H,3-14,19-20H2,1-2H3. The van der Waals surface area contributed by atoms with E-state index >= 15 is 0 Å². The molecule has 2 aliphatic rings. The summed E-state index contributed by atoms with van der Waals surface area (Å²) in [6.45, 7) is 4.99. The Hall–Kier alpha value is -5.32. The SMILES string of the molecule is CCCCCCCCN1C(=O)C2=C(C(=O)N(CCCCCCCC)C2=c2ccc(=C(C#N)C#N)o2)C1=c1ccc(=C(C#N)C#N)o1. The number of furan rings is 2. The lowest BCUT2D eigenvalue weighted by Crippen LogP contribution is -2.37. The highest BCUT2D eigenvalue weighted by Crippen LogP contribution is 2.42. The van der Waals surface area contributed by atoms with Crippen LogP contribution in [0.4, 0.5) is 0 Å². The van der Waals surface area contributed by atoms with E-state index in [1.807, 2.05) is 24.3 Å². The van der Waals surface area contributed by atoms with Gasteiger partial charge in [-0.3, -0.25) is 9.59 Å². The van der Waals surface area contributed by atoms with Crippen LogP contribution in [0.1, 0.15) is 90.9 Å². The molecule has 0 unspecified atom stereocenters. The maximum absolute atomic E-state index is 14.3. The molecule has 0 N–H and O–H groups in total. The van der Waals surface area contributed by atoms with Crippen LogP contribution in [0.5, 0.6) is 0 Å². The number of nitriles is 4. The molecule has 46 heavy (non-hydrogen) atoms. The molecule has 10 nitrogen and oxygen atoms in total. The number of carbonyl (C=O) groups is 2. The van der Waals surface area contributed by atoms with E-state index in [0.717, 1.165) is 64.2 Å². The summed E-state index contributed by atoms with van der Waals surface area (Å²) in [5, 5.41) is 37.6. The number of hydrogen-bond acceptors (Lipinski definition) is 8. The van der Waals surface area contributed by atoms with E-state index < -0.39 is 0 Å². The molecule has 4 rings (SSSR count). The summed E-state index contributed by atoms with van der Waals surface area (Å²) in [7, 11) is 0. The summed E-state index contributed by atoms with van der Waals surface area (Å²) in [4.78, 5) is 31.7. The molecule has 0 bridgehead atoms. The number of rotatable bonds is 14. The van der Waals surface area contributed by atoms with Gasteiger partial charge >= 0.3 is 0 Å². The van der Waals surface area contributed by atoms with E-state index in [0.29, 0.717) is 37.3 Å². The Labute approximate surface area is 268 Å². The van der Waals surface area contributed by atoms with Crippen molar-refractivity contribution in [1.29, 1.82) is 21.0 Å². The van der Waals surface area contributed by atoms with Gasteiger partial charge in [0.25, 0.3) is 11.8 Å². The minimum Gasteiger partial charge on any atom is -0.453 e. The zero-order valence-electron chi connectivity index (χ0n) is 26.5. The van der Waals surface area contributed by atoms with E-state index in [-0.39, 0.29) is 55.8 Å². The quantitative estimate of drug-likeness (QED) is 0.288. The van der Waals surface area contributed by atoms with Gasteiger partial charge in [0.15, 0.2) is 32.8 Å². The number of unbranched alkanes of at least 4 members (excludes halogenated alkanes) is 10. The summed E-state index contributed by atoms with van der Waals surface area (Å²) in [6, 6.07) is 13.4. The summed E-state index contributed by atoms with van der Waals surface area (Å²) in [5.41, 5.74) is 1.06. The van der Waals surface area contributed by atoms with Crippen LogP contribution >= 0.6 is 0 Å². The van der Waals surface area contributed by atoms with Crippen LogP contribution in [0.3, 0.4) is 0 Å². The van der Waals surface area contributed by atoms with E-state index in [1.54, 1.807) is 21.9 Å². The fourth-order valence-corrected chi connectivity index (χ4v) is 5.91. The molecule has 10 heteroatoms. The van der Waals surface area contributed by atoms with E-state index in [9.17, 15) is 30.6 Å². The first-order valence-electron chi connectivity index (χ1n) is 16.1. The second-order valence-electron chi connectivity index (χ2n) is 11.4. The first kappa shape index (κ1) is 33.6. The maximum atomic E-state index is 14.3. The van der Waals surface area contributed by atoms with E-state index in [1.165, 1.54) is 12.1 Å². The highest BCUT2D eigenvalue weighted by atomic mass is 16.3. The van der Waals surface area contributed by atoms with Crippen LogP contribution in [0, 0.1) is 45.3 Å². The average Bonchev–Trinajstić information content (AvgIpc) is 3.84. The second kappa shape index (κ2) is 16.1. The molecule has 2 aromatic heterocycles. The monoisotopic (exact) mass is 618 g/mol. The van der Waals surface area contributed by atoms with Crippen LogP contribution in [-0.2, 0) is 9.59 Å². The first-order valence-corrected chi connectivity index (χ1v) is 16.1. The Morgan fingerprint density at radius 1 is 0.565 bits per heavy atom. The molecule has 0 atom stereocenters. The third-order valence-electron chi connectivity index (χ3n) is 8.27. The predicted molar refractivity (Wildman–Crippen MR) is 169 cm³/mol. The van der Waals surface area contributed by atoms with Crippen LogP contribution in [0.2, 0.25) is 0 Å². The molecule has 0 fully saturated rings. The van der Waals surface area contributed by atoms with E-state index in [2.05, 4.69) is 13.8 Å². The van der Waals surface area contributed by atoms with Crippen molar-refractivity contribution in [3.05, 3.63) is 57.1 Å². The molecular formula is C36H38N6O4. The smallest absolute Gasteiger partial charge is 0.261 e. The fourth-order valence-electron chi connectivity index (χ4n) is 5.91. The van der Waals surface area contributed by atoms with Crippen LogP contribution in [-0.4, -0.2) is 34.7 Å². The van der Waals surface area contributed by atoms with Gasteiger partial charge in [0.05, 0.1) is 11.1 Å². The third kappa shape index (κ3) is 6.98. The molecule has 2 amide bonds. The Balaban J connectivity index is 1.88. The Morgan fingerprint density at radius 3 is 1.26 bits per heavy atom. The van der Waals surface area contributed by atoms with Crippen molar-refractivity contribution in [1.82, 2.24) is 9.80 Å². The number of carbonyl (C=O) groups excluding carboxylic acids is 2. The minimum atomic E-state index is -0.377. The second-order valence-corrected chi connectivity index (χ2v) is 11.4. The molecule has 0 saturated heterocycles. The number of hydrogen-bond donors (Lipinski definition) is 0. The first-order chi connectivity index (χ1) is 22.4. The molecule has 0 spiro atoms. The summed E-state index contributed by atoms with van der Waals surface area (Å²) in [6.07, 6.45) is 12.0. The molecule has 4 heterocycles. The average molecular weight is 619 g/mol. The number of amides is 2. The van der Waals surface area contributed by atoms with Gasteiger partial charge in [-0.25, -0.2) is 0 Å². The van der Waals surface area contributed by atoms with Crippen molar-refractivity contribution in [2.75, 3.05) is 13.1 Å². The summed E-state index contributed by atoms with van der Waals surface area (Å²) < 4.78 is 11.9. The minimum absolute atomic E-state index is 0.0545.